The Morgan fingerprint density at radius 3 is 1.95 bits per heavy atom. The number of nitrogens with zero attached hydrogens (tertiary/aromatic N) is 1. The Labute approximate surface area is 128 Å². The normalized spacial score (nSPS) is 41.9. The lowest BCUT2D eigenvalue weighted by atomic mass is 9.76. The predicted octanol–water partition coefficient (Wildman–Crippen LogP) is 0.319. The number of hydrogen-bond acceptors (Lipinski definition) is 4. The van der Waals surface area contributed by atoms with Gasteiger partial charge >= 0.3 is 11.9 Å². The Kier molecular flexibility index (Phi) is 3.31. The number of alkyl halides is 1. The highest BCUT2D eigenvalue weighted by Gasteiger charge is 2.65. The van der Waals surface area contributed by atoms with Gasteiger partial charge in [-0.05, 0) is 18.3 Å². The molecule has 0 aromatic rings. The molecular weight excluding hydrogens is 346 g/mol. The number of carboxylic acid groups (broad SMARTS) is 2. The van der Waals surface area contributed by atoms with Gasteiger partial charge in [0.2, 0.25) is 11.8 Å². The number of carbonyl (C=O) groups excluding carboxylic acids is 2. The first-order valence-electron chi connectivity index (χ1n) is 6.79. The van der Waals surface area contributed by atoms with E-state index in [9.17, 15) is 29.4 Å². The molecule has 1 aliphatic heterocycles. The van der Waals surface area contributed by atoms with Crippen molar-refractivity contribution in [1.29, 1.82) is 0 Å². The maximum Gasteiger partial charge on any atom is 0.307 e. The Hall–Kier alpha value is -1.44. The van der Waals surface area contributed by atoms with Crippen molar-refractivity contribution in [3.8, 4) is 0 Å². The van der Waals surface area contributed by atoms with Crippen LogP contribution in [0.2, 0.25) is 0 Å². The van der Waals surface area contributed by atoms with E-state index in [1.807, 2.05) is 0 Å². The van der Waals surface area contributed by atoms with Crippen molar-refractivity contribution in [1.82, 2.24) is 4.90 Å². The number of likely N-dealkylation sites (tertiary alicyclic amines) is 1. The summed E-state index contributed by atoms with van der Waals surface area (Å²) in [5, 5.41) is 18.7. The molecule has 1 heterocycles. The van der Waals surface area contributed by atoms with E-state index in [4.69, 9.17) is 0 Å². The molecule has 0 aromatic carbocycles. The molecule has 6 atom stereocenters. The second kappa shape index (κ2) is 4.79. The standard InChI is InChI=1S/C13H14BrNO6/c14-10-4-3-5(9(13(20)21)8(4)12(18)19)11(10)15-6(16)1-2-7(15)17/h4-5,8-11H,1-3H2,(H,18,19)(H,20,21)/t4-,5+,8+,9-,10-,11+/m1/s1. The lowest BCUT2D eigenvalue weighted by Gasteiger charge is -2.38. The monoisotopic (exact) mass is 359 g/mol. The quantitative estimate of drug-likeness (QED) is 0.554. The third-order valence-corrected chi connectivity index (χ3v) is 6.21. The minimum absolute atomic E-state index is 0.145. The molecule has 0 radical (unpaired) electrons. The van der Waals surface area contributed by atoms with Crippen molar-refractivity contribution in [2.45, 2.75) is 30.1 Å². The first-order chi connectivity index (χ1) is 9.84. The molecule has 0 aromatic heterocycles. The third kappa shape index (κ3) is 1.91. The number of halogens is 1. The minimum Gasteiger partial charge on any atom is -0.481 e. The molecular formula is C13H14BrNO6. The summed E-state index contributed by atoms with van der Waals surface area (Å²) in [6, 6.07) is -0.547. The molecule has 2 amide bonds. The van der Waals surface area contributed by atoms with Crippen LogP contribution in [0, 0.1) is 23.7 Å². The van der Waals surface area contributed by atoms with Gasteiger partial charge in [-0.3, -0.25) is 24.1 Å². The zero-order valence-electron chi connectivity index (χ0n) is 10.9. The van der Waals surface area contributed by atoms with Crippen molar-refractivity contribution in [2.24, 2.45) is 23.7 Å². The van der Waals surface area contributed by atoms with Crippen LogP contribution < -0.4 is 0 Å². The highest BCUT2D eigenvalue weighted by molar-refractivity contribution is 9.09. The summed E-state index contributed by atoms with van der Waals surface area (Å²) in [5.74, 6) is -5.77. The maximum absolute atomic E-state index is 11.9. The average molecular weight is 360 g/mol. The summed E-state index contributed by atoms with van der Waals surface area (Å²) in [4.78, 5) is 47.5. The molecule has 3 aliphatic rings. The fourth-order valence-electron chi connectivity index (χ4n) is 4.24. The van der Waals surface area contributed by atoms with Crippen LogP contribution in [0.4, 0.5) is 0 Å². The summed E-state index contributed by atoms with van der Waals surface area (Å²) in [5.41, 5.74) is 0. The topological polar surface area (TPSA) is 112 Å². The number of hydrogen-bond donors (Lipinski definition) is 2. The fourth-order valence-corrected chi connectivity index (χ4v) is 5.42. The molecule has 2 N–H and O–H groups in total. The number of imide groups is 1. The number of aliphatic carboxylic acids is 2. The smallest absolute Gasteiger partial charge is 0.307 e. The van der Waals surface area contributed by atoms with Crippen LogP contribution in [0.1, 0.15) is 19.3 Å². The van der Waals surface area contributed by atoms with E-state index in [1.165, 1.54) is 0 Å². The van der Waals surface area contributed by atoms with Crippen LogP contribution in [0.3, 0.4) is 0 Å². The van der Waals surface area contributed by atoms with Crippen LogP contribution in [-0.2, 0) is 19.2 Å². The SMILES string of the molecule is O=C(O)[C@@H]1[C@@H]2C[C@@H]([C@@H](Br)[C@H]2N2C(=O)CCC2=O)[C@@H]1C(=O)O. The summed E-state index contributed by atoms with van der Waals surface area (Å²) in [6.07, 6.45) is 0.699. The van der Waals surface area contributed by atoms with Gasteiger partial charge in [0.1, 0.15) is 0 Å². The molecule has 3 rings (SSSR count). The van der Waals surface area contributed by atoms with E-state index in [2.05, 4.69) is 15.9 Å². The fraction of sp³-hybridized carbons (Fsp3) is 0.692. The Bertz CT molecular complexity index is 533. The molecule has 7 nitrogen and oxygen atoms in total. The van der Waals surface area contributed by atoms with E-state index in [0.717, 1.165) is 4.90 Å². The Balaban J connectivity index is 1.96. The van der Waals surface area contributed by atoms with Crippen LogP contribution in [0.5, 0.6) is 0 Å². The number of carboxylic acids is 2. The number of fused-ring (bicyclic) bond motifs is 2. The van der Waals surface area contributed by atoms with E-state index in [-0.39, 0.29) is 35.4 Å². The van der Waals surface area contributed by atoms with Crippen molar-refractivity contribution >= 4 is 39.7 Å². The Morgan fingerprint density at radius 2 is 1.48 bits per heavy atom. The summed E-state index contributed by atoms with van der Waals surface area (Å²) >= 11 is 3.41. The van der Waals surface area contributed by atoms with Gasteiger partial charge in [0.05, 0.1) is 17.9 Å². The van der Waals surface area contributed by atoms with Gasteiger partial charge < -0.3 is 10.2 Å². The lowest BCUT2D eigenvalue weighted by molar-refractivity contribution is -0.159. The first-order valence-corrected chi connectivity index (χ1v) is 7.70. The number of amides is 2. The highest BCUT2D eigenvalue weighted by atomic mass is 79.9. The second-order valence-corrected chi connectivity index (χ2v) is 6.94. The molecule has 0 unspecified atom stereocenters. The van der Waals surface area contributed by atoms with Gasteiger partial charge in [-0.2, -0.15) is 0 Å². The third-order valence-electron chi connectivity index (χ3n) is 4.99. The summed E-state index contributed by atoms with van der Waals surface area (Å²) in [7, 11) is 0. The molecule has 0 spiro atoms. The lowest BCUT2D eigenvalue weighted by Crippen LogP contribution is -2.54. The van der Waals surface area contributed by atoms with Gasteiger partial charge in [0.25, 0.3) is 0 Å². The van der Waals surface area contributed by atoms with Gasteiger partial charge in [0, 0.05) is 17.7 Å². The van der Waals surface area contributed by atoms with Crippen molar-refractivity contribution in [2.75, 3.05) is 0 Å². The summed E-state index contributed by atoms with van der Waals surface area (Å²) in [6.45, 7) is 0. The van der Waals surface area contributed by atoms with E-state index < -0.39 is 35.7 Å². The van der Waals surface area contributed by atoms with Crippen molar-refractivity contribution in [3.63, 3.8) is 0 Å². The molecule has 2 bridgehead atoms. The van der Waals surface area contributed by atoms with Gasteiger partial charge in [-0.25, -0.2) is 0 Å². The predicted molar refractivity (Wildman–Crippen MR) is 71.4 cm³/mol. The van der Waals surface area contributed by atoms with Crippen LogP contribution in [0.25, 0.3) is 0 Å². The molecule has 2 saturated carbocycles. The molecule has 114 valence electrons. The zero-order valence-corrected chi connectivity index (χ0v) is 12.5. The van der Waals surface area contributed by atoms with Crippen LogP contribution in [-0.4, -0.2) is 49.7 Å². The highest BCUT2D eigenvalue weighted by Crippen LogP contribution is 2.57. The van der Waals surface area contributed by atoms with Gasteiger partial charge in [0.15, 0.2) is 0 Å². The number of rotatable bonds is 3. The minimum atomic E-state index is -1.17. The Morgan fingerprint density at radius 1 is 1.00 bits per heavy atom. The molecule has 21 heavy (non-hydrogen) atoms. The zero-order chi connectivity index (χ0) is 15.5. The van der Waals surface area contributed by atoms with Crippen molar-refractivity contribution in [3.05, 3.63) is 0 Å². The van der Waals surface area contributed by atoms with E-state index in [0.29, 0.717) is 6.42 Å². The van der Waals surface area contributed by atoms with Crippen molar-refractivity contribution < 1.29 is 29.4 Å². The van der Waals surface area contributed by atoms with Gasteiger partial charge in [-0.15, -0.1) is 0 Å². The second-order valence-electron chi connectivity index (χ2n) is 5.88. The number of carbonyl (C=O) groups is 4. The molecule has 2 aliphatic carbocycles. The summed E-state index contributed by atoms with van der Waals surface area (Å²) < 4.78 is 0. The van der Waals surface area contributed by atoms with Gasteiger partial charge in [-0.1, -0.05) is 15.9 Å². The largest absolute Gasteiger partial charge is 0.481 e. The van der Waals surface area contributed by atoms with E-state index in [1.54, 1.807) is 0 Å². The molecule has 3 fully saturated rings. The van der Waals surface area contributed by atoms with Crippen LogP contribution >= 0.6 is 15.9 Å². The first kappa shape index (κ1) is 14.5. The van der Waals surface area contributed by atoms with Crippen LogP contribution in [0.15, 0.2) is 0 Å². The van der Waals surface area contributed by atoms with E-state index >= 15 is 0 Å². The maximum atomic E-state index is 11.9. The molecule has 8 heteroatoms. The molecule has 1 saturated heterocycles. The average Bonchev–Trinajstić information content (AvgIpc) is 3.02.